The van der Waals surface area contributed by atoms with Crippen molar-refractivity contribution in [2.75, 3.05) is 34.7 Å². The van der Waals surface area contributed by atoms with Crippen LogP contribution in [0.15, 0.2) is 0 Å². The molecule has 0 unspecified atom stereocenters. The van der Waals surface area contributed by atoms with Gasteiger partial charge in [0.05, 0.1) is 0 Å². The van der Waals surface area contributed by atoms with E-state index in [9.17, 15) is 4.79 Å². The fourth-order valence-corrected chi connectivity index (χ4v) is 1.68. The van der Waals surface area contributed by atoms with E-state index in [1.54, 1.807) is 0 Å². The van der Waals surface area contributed by atoms with E-state index < -0.39 is 0 Å². The number of likely N-dealkylation sites (N-methyl/N-ethyl adjacent to an activating group) is 2. The lowest BCUT2D eigenvalue weighted by molar-refractivity contribution is -0.127. The molecular weight excluding hydrogens is 190 g/mol. The summed E-state index contributed by atoms with van der Waals surface area (Å²) in [5.41, 5.74) is 0. The summed E-state index contributed by atoms with van der Waals surface area (Å²) in [6, 6.07) is 0.391. The SMILES string of the molecule is CN(C)C[C@H](C(=O)NC1CCC1)N(C)C. The van der Waals surface area contributed by atoms with Crippen molar-refractivity contribution in [3.05, 3.63) is 0 Å². The molecule has 0 aliphatic heterocycles. The molecular formula is C11H23N3O. The number of amides is 1. The second kappa shape index (κ2) is 5.47. The molecule has 15 heavy (non-hydrogen) atoms. The zero-order valence-electron chi connectivity index (χ0n) is 10.3. The molecule has 88 valence electrons. The van der Waals surface area contributed by atoms with Crippen molar-refractivity contribution < 1.29 is 4.79 Å². The number of carbonyl (C=O) groups excluding carboxylic acids is 1. The minimum Gasteiger partial charge on any atom is -0.352 e. The zero-order chi connectivity index (χ0) is 11.4. The Labute approximate surface area is 92.6 Å². The van der Waals surface area contributed by atoms with Crippen molar-refractivity contribution in [2.45, 2.75) is 31.3 Å². The van der Waals surface area contributed by atoms with Crippen molar-refractivity contribution in [2.24, 2.45) is 0 Å². The van der Waals surface area contributed by atoms with Gasteiger partial charge in [0, 0.05) is 12.6 Å². The molecule has 4 heteroatoms. The molecule has 0 aromatic rings. The summed E-state index contributed by atoms with van der Waals surface area (Å²) in [5, 5.41) is 3.10. The Bertz CT molecular complexity index is 212. The number of nitrogens with one attached hydrogen (secondary N) is 1. The van der Waals surface area contributed by atoms with Gasteiger partial charge in [0.15, 0.2) is 0 Å². The Morgan fingerprint density at radius 2 is 1.93 bits per heavy atom. The van der Waals surface area contributed by atoms with Crippen molar-refractivity contribution in [3.63, 3.8) is 0 Å². The molecule has 0 bridgehead atoms. The first-order valence-corrected chi connectivity index (χ1v) is 5.62. The summed E-state index contributed by atoms with van der Waals surface area (Å²) < 4.78 is 0. The van der Waals surface area contributed by atoms with Gasteiger partial charge in [0.2, 0.25) is 5.91 Å². The highest BCUT2D eigenvalue weighted by Crippen LogP contribution is 2.18. The Morgan fingerprint density at radius 3 is 2.27 bits per heavy atom. The van der Waals surface area contributed by atoms with Crippen LogP contribution >= 0.6 is 0 Å². The largest absolute Gasteiger partial charge is 0.352 e. The second-order valence-electron chi connectivity index (χ2n) is 4.88. The van der Waals surface area contributed by atoms with Crippen LogP contribution in [0, 0.1) is 0 Å². The van der Waals surface area contributed by atoms with E-state index in [1.165, 1.54) is 6.42 Å². The minimum absolute atomic E-state index is 0.0411. The lowest BCUT2D eigenvalue weighted by Crippen LogP contribution is -2.52. The number of rotatable bonds is 5. The van der Waals surface area contributed by atoms with Gasteiger partial charge in [-0.2, -0.15) is 0 Å². The van der Waals surface area contributed by atoms with Gasteiger partial charge in [-0.3, -0.25) is 9.69 Å². The highest BCUT2D eigenvalue weighted by molar-refractivity contribution is 5.82. The summed E-state index contributed by atoms with van der Waals surface area (Å²) in [6.45, 7) is 0.769. The Balaban J connectivity index is 2.42. The third-order valence-corrected chi connectivity index (χ3v) is 2.92. The molecule has 0 heterocycles. The monoisotopic (exact) mass is 213 g/mol. The van der Waals surface area contributed by atoms with Crippen molar-refractivity contribution in [1.29, 1.82) is 0 Å². The first-order chi connectivity index (χ1) is 7.00. The maximum absolute atomic E-state index is 11.9. The maximum Gasteiger partial charge on any atom is 0.238 e. The molecule has 1 saturated carbocycles. The smallest absolute Gasteiger partial charge is 0.238 e. The van der Waals surface area contributed by atoms with Gasteiger partial charge in [0.25, 0.3) is 0 Å². The van der Waals surface area contributed by atoms with Crippen molar-refractivity contribution in [3.8, 4) is 0 Å². The molecule has 1 aliphatic carbocycles. The fourth-order valence-electron chi connectivity index (χ4n) is 1.68. The Morgan fingerprint density at radius 1 is 1.33 bits per heavy atom. The molecule has 0 aromatic heterocycles. The third kappa shape index (κ3) is 3.80. The number of hydrogen-bond acceptors (Lipinski definition) is 3. The summed E-state index contributed by atoms with van der Waals surface area (Å²) >= 11 is 0. The van der Waals surface area contributed by atoms with Gasteiger partial charge in [-0.1, -0.05) is 0 Å². The average molecular weight is 213 g/mol. The highest BCUT2D eigenvalue weighted by Gasteiger charge is 2.26. The fraction of sp³-hybridized carbons (Fsp3) is 0.909. The third-order valence-electron chi connectivity index (χ3n) is 2.92. The highest BCUT2D eigenvalue weighted by atomic mass is 16.2. The van der Waals surface area contributed by atoms with Crippen LogP contribution in [-0.4, -0.2) is 62.5 Å². The van der Waals surface area contributed by atoms with Crippen LogP contribution in [0.4, 0.5) is 0 Å². The topological polar surface area (TPSA) is 35.6 Å². The summed E-state index contributed by atoms with van der Waals surface area (Å²) in [5.74, 6) is 0.165. The summed E-state index contributed by atoms with van der Waals surface area (Å²) in [4.78, 5) is 16.0. The first kappa shape index (κ1) is 12.5. The molecule has 0 saturated heterocycles. The predicted octanol–water partition coefficient (Wildman–Crippen LogP) is 0.147. The number of hydrogen-bond donors (Lipinski definition) is 1. The van der Waals surface area contributed by atoms with Crippen LogP contribution in [0.2, 0.25) is 0 Å². The molecule has 0 aromatic carbocycles. The maximum atomic E-state index is 11.9. The van der Waals surface area contributed by atoms with Crippen molar-refractivity contribution in [1.82, 2.24) is 15.1 Å². The lowest BCUT2D eigenvalue weighted by atomic mass is 9.93. The van der Waals surface area contributed by atoms with Gasteiger partial charge in [-0.15, -0.1) is 0 Å². The van der Waals surface area contributed by atoms with E-state index in [2.05, 4.69) is 5.32 Å². The molecule has 4 nitrogen and oxygen atoms in total. The van der Waals surface area contributed by atoms with E-state index in [1.807, 2.05) is 38.0 Å². The van der Waals surface area contributed by atoms with E-state index >= 15 is 0 Å². The minimum atomic E-state index is -0.0411. The van der Waals surface area contributed by atoms with Crippen LogP contribution < -0.4 is 5.32 Å². The van der Waals surface area contributed by atoms with Crippen molar-refractivity contribution >= 4 is 5.91 Å². The molecule has 1 fully saturated rings. The van der Waals surface area contributed by atoms with Gasteiger partial charge in [-0.05, 0) is 47.5 Å². The average Bonchev–Trinajstić information content (AvgIpc) is 2.06. The number of carbonyl (C=O) groups is 1. The van der Waals surface area contributed by atoms with E-state index in [0.717, 1.165) is 19.4 Å². The zero-order valence-corrected chi connectivity index (χ0v) is 10.3. The van der Waals surface area contributed by atoms with E-state index in [-0.39, 0.29) is 11.9 Å². The van der Waals surface area contributed by atoms with Crippen LogP contribution in [-0.2, 0) is 4.79 Å². The van der Waals surface area contributed by atoms with Gasteiger partial charge in [0.1, 0.15) is 6.04 Å². The van der Waals surface area contributed by atoms with Gasteiger partial charge < -0.3 is 10.2 Å². The molecule has 0 radical (unpaired) electrons. The second-order valence-corrected chi connectivity index (χ2v) is 4.88. The Kier molecular flexibility index (Phi) is 4.54. The van der Waals surface area contributed by atoms with Gasteiger partial charge >= 0.3 is 0 Å². The molecule has 1 amide bonds. The first-order valence-electron chi connectivity index (χ1n) is 5.62. The predicted molar refractivity (Wildman–Crippen MR) is 61.8 cm³/mol. The molecule has 1 atom stereocenters. The van der Waals surface area contributed by atoms with Crippen LogP contribution in [0.3, 0.4) is 0 Å². The van der Waals surface area contributed by atoms with Crippen LogP contribution in [0.5, 0.6) is 0 Å². The summed E-state index contributed by atoms with van der Waals surface area (Å²) in [6.07, 6.45) is 3.55. The quantitative estimate of drug-likeness (QED) is 0.706. The standard InChI is InChI=1S/C11H23N3O/c1-13(2)8-10(14(3)4)11(15)12-9-6-5-7-9/h9-10H,5-8H2,1-4H3,(H,12,15)/t10-/m1/s1. The normalized spacial score (nSPS) is 19.1. The van der Waals surface area contributed by atoms with Gasteiger partial charge in [-0.25, -0.2) is 0 Å². The molecule has 1 aliphatic rings. The molecule has 0 spiro atoms. The van der Waals surface area contributed by atoms with E-state index in [4.69, 9.17) is 0 Å². The summed E-state index contributed by atoms with van der Waals surface area (Å²) in [7, 11) is 7.89. The number of nitrogens with zero attached hydrogens (tertiary/aromatic N) is 2. The molecule has 1 rings (SSSR count). The molecule has 1 N–H and O–H groups in total. The van der Waals surface area contributed by atoms with E-state index in [0.29, 0.717) is 6.04 Å². The lowest BCUT2D eigenvalue weighted by Gasteiger charge is -2.31. The Hall–Kier alpha value is -0.610. The van der Waals surface area contributed by atoms with Crippen LogP contribution in [0.1, 0.15) is 19.3 Å². The van der Waals surface area contributed by atoms with Crippen LogP contribution in [0.25, 0.3) is 0 Å².